The molecule has 4 heterocycles. The van der Waals surface area contributed by atoms with Gasteiger partial charge in [-0.2, -0.15) is 4.98 Å². The van der Waals surface area contributed by atoms with Gasteiger partial charge in [-0.25, -0.2) is 0 Å². The lowest BCUT2D eigenvalue weighted by atomic mass is 10.0. The smallest absolute Gasteiger partial charge is 0.254 e. The Morgan fingerprint density at radius 3 is 2.96 bits per heavy atom. The lowest BCUT2D eigenvalue weighted by Crippen LogP contribution is -2.53. The summed E-state index contributed by atoms with van der Waals surface area (Å²) in [5.41, 5.74) is 1.79. The van der Waals surface area contributed by atoms with E-state index in [0.29, 0.717) is 24.9 Å². The van der Waals surface area contributed by atoms with E-state index in [0.717, 1.165) is 30.8 Å². The number of methoxy groups -OCH3 is 1. The molecule has 1 aromatic heterocycles. The number of carbonyl (C=O) groups excluding carboxylic acids is 1. The molecular weight excluding hydrogens is 360 g/mol. The van der Waals surface area contributed by atoms with E-state index in [4.69, 9.17) is 9.26 Å². The van der Waals surface area contributed by atoms with E-state index >= 15 is 0 Å². The van der Waals surface area contributed by atoms with Crippen LogP contribution in [-0.4, -0.2) is 55.2 Å². The van der Waals surface area contributed by atoms with Crippen LogP contribution in [0.15, 0.2) is 33.8 Å². The van der Waals surface area contributed by atoms with Crippen molar-refractivity contribution >= 4 is 23.6 Å². The summed E-state index contributed by atoms with van der Waals surface area (Å²) in [4.78, 5) is 26.2. The summed E-state index contributed by atoms with van der Waals surface area (Å²) in [7, 11) is 1.63. The number of nitrogens with zero attached hydrogens (tertiary/aromatic N) is 5. The molecule has 5 rings (SSSR count). The number of fused-ring (bicyclic) bond motifs is 3. The molecule has 1 N–H and O–H groups in total. The molecule has 3 atom stereocenters. The van der Waals surface area contributed by atoms with Gasteiger partial charge in [-0.3, -0.25) is 9.79 Å². The zero-order chi connectivity index (χ0) is 19.1. The minimum atomic E-state index is -0.531. The highest BCUT2D eigenvalue weighted by Gasteiger charge is 2.47. The number of para-hydroxylation sites is 2. The Morgan fingerprint density at radius 2 is 2.18 bits per heavy atom. The number of benzene rings is 1. The number of anilines is 2. The average molecular weight is 382 g/mol. The Bertz CT molecular complexity index is 907. The van der Waals surface area contributed by atoms with Crippen molar-refractivity contribution in [3.05, 3.63) is 36.0 Å². The van der Waals surface area contributed by atoms with E-state index in [1.165, 1.54) is 0 Å². The Labute approximate surface area is 162 Å². The van der Waals surface area contributed by atoms with Crippen molar-refractivity contribution in [2.45, 2.75) is 31.0 Å². The molecule has 1 aromatic carbocycles. The maximum atomic E-state index is 13.4. The molecular formula is C19H22N6O3. The first kappa shape index (κ1) is 17.3. The number of aliphatic imine (C=N–C) groups is 1. The van der Waals surface area contributed by atoms with Crippen LogP contribution in [-0.2, 0) is 9.53 Å². The molecule has 3 aliphatic heterocycles. The largest absolute Gasteiger partial charge is 0.383 e. The van der Waals surface area contributed by atoms with Crippen molar-refractivity contribution in [1.82, 2.24) is 15.5 Å². The molecule has 0 aliphatic carbocycles. The molecule has 3 unspecified atom stereocenters. The Kier molecular flexibility index (Phi) is 4.33. The predicted octanol–water partition coefficient (Wildman–Crippen LogP) is 1.45. The monoisotopic (exact) mass is 382 g/mol. The molecule has 1 fully saturated rings. The second-order valence-electron chi connectivity index (χ2n) is 7.17. The summed E-state index contributed by atoms with van der Waals surface area (Å²) < 4.78 is 10.7. The number of carbonyl (C=O) groups is 1. The number of ether oxygens (including phenoxy) is 1. The standard InChI is InChI=1S/C19H22N6O3/c1-27-10-9-24-13-6-2-3-7-14(13)25-11-21-15(16(25)19(24)26)18-22-17(23-28-18)12-5-4-8-20-12/h2-3,6-7,11-12,15-16,20H,4-5,8-10H2,1H3. The van der Waals surface area contributed by atoms with Crippen LogP contribution in [0.25, 0.3) is 0 Å². The minimum absolute atomic E-state index is 0.0445. The van der Waals surface area contributed by atoms with Gasteiger partial charge >= 0.3 is 0 Å². The van der Waals surface area contributed by atoms with Crippen LogP contribution < -0.4 is 15.1 Å². The summed E-state index contributed by atoms with van der Waals surface area (Å²) in [6.07, 6.45) is 3.78. The summed E-state index contributed by atoms with van der Waals surface area (Å²) in [5.74, 6) is 0.977. The molecule has 1 saturated heterocycles. The van der Waals surface area contributed by atoms with Gasteiger partial charge in [-0.15, -0.1) is 0 Å². The van der Waals surface area contributed by atoms with Gasteiger partial charge in [0.1, 0.15) is 6.04 Å². The third-order valence-corrected chi connectivity index (χ3v) is 5.52. The first-order valence-corrected chi connectivity index (χ1v) is 9.56. The quantitative estimate of drug-likeness (QED) is 0.836. The van der Waals surface area contributed by atoms with E-state index in [-0.39, 0.29) is 11.9 Å². The molecule has 28 heavy (non-hydrogen) atoms. The number of nitrogens with one attached hydrogen (secondary N) is 1. The summed E-state index contributed by atoms with van der Waals surface area (Å²) in [6, 6.07) is 6.88. The number of rotatable bonds is 5. The van der Waals surface area contributed by atoms with Gasteiger partial charge in [-0.1, -0.05) is 17.3 Å². The van der Waals surface area contributed by atoms with Gasteiger partial charge < -0.3 is 24.4 Å². The van der Waals surface area contributed by atoms with Crippen molar-refractivity contribution in [3.8, 4) is 0 Å². The summed E-state index contributed by atoms with van der Waals surface area (Å²) in [5, 5.41) is 7.49. The van der Waals surface area contributed by atoms with E-state index in [2.05, 4.69) is 20.4 Å². The first-order chi connectivity index (χ1) is 13.8. The highest BCUT2D eigenvalue weighted by Crippen LogP contribution is 2.42. The minimum Gasteiger partial charge on any atom is -0.383 e. The van der Waals surface area contributed by atoms with Gasteiger partial charge in [0.05, 0.1) is 30.4 Å². The van der Waals surface area contributed by atoms with Gasteiger partial charge in [0.2, 0.25) is 0 Å². The molecule has 0 saturated carbocycles. The fraction of sp³-hybridized carbons (Fsp3) is 0.474. The van der Waals surface area contributed by atoms with E-state index in [1.54, 1.807) is 18.3 Å². The Morgan fingerprint density at radius 1 is 1.32 bits per heavy atom. The second kappa shape index (κ2) is 6.99. The summed E-state index contributed by atoms with van der Waals surface area (Å²) in [6.45, 7) is 1.89. The van der Waals surface area contributed by atoms with Crippen molar-refractivity contribution in [3.63, 3.8) is 0 Å². The van der Waals surface area contributed by atoms with Crippen LogP contribution in [0.2, 0.25) is 0 Å². The lowest BCUT2D eigenvalue weighted by Gasteiger charge is -2.39. The second-order valence-corrected chi connectivity index (χ2v) is 7.17. The Hall–Kier alpha value is -2.78. The first-order valence-electron chi connectivity index (χ1n) is 9.56. The average Bonchev–Trinajstić information content (AvgIpc) is 3.47. The van der Waals surface area contributed by atoms with Crippen LogP contribution in [0.4, 0.5) is 11.4 Å². The lowest BCUT2D eigenvalue weighted by molar-refractivity contribution is -0.120. The molecule has 146 valence electrons. The number of hydrogen-bond donors (Lipinski definition) is 1. The van der Waals surface area contributed by atoms with Gasteiger partial charge in [0.15, 0.2) is 11.9 Å². The van der Waals surface area contributed by atoms with Crippen LogP contribution in [0.1, 0.15) is 36.6 Å². The zero-order valence-corrected chi connectivity index (χ0v) is 15.6. The molecule has 9 nitrogen and oxygen atoms in total. The van der Waals surface area contributed by atoms with Gasteiger partial charge in [0.25, 0.3) is 11.8 Å². The summed E-state index contributed by atoms with van der Waals surface area (Å²) >= 11 is 0. The molecule has 0 radical (unpaired) electrons. The van der Waals surface area contributed by atoms with Crippen LogP contribution in [0.3, 0.4) is 0 Å². The number of amides is 1. The Balaban J connectivity index is 1.48. The molecule has 9 heteroatoms. The van der Waals surface area contributed by atoms with Crippen molar-refractivity contribution in [1.29, 1.82) is 0 Å². The third kappa shape index (κ3) is 2.70. The fourth-order valence-electron chi connectivity index (χ4n) is 4.13. The fourth-order valence-corrected chi connectivity index (χ4v) is 4.13. The highest BCUT2D eigenvalue weighted by atomic mass is 16.5. The molecule has 0 bridgehead atoms. The third-order valence-electron chi connectivity index (χ3n) is 5.52. The number of hydrogen-bond acceptors (Lipinski definition) is 8. The zero-order valence-electron chi connectivity index (χ0n) is 15.6. The van der Waals surface area contributed by atoms with Crippen LogP contribution in [0.5, 0.6) is 0 Å². The molecule has 0 spiro atoms. The van der Waals surface area contributed by atoms with Crippen LogP contribution >= 0.6 is 0 Å². The van der Waals surface area contributed by atoms with Crippen molar-refractivity contribution in [2.24, 2.45) is 4.99 Å². The molecule has 1 amide bonds. The van der Waals surface area contributed by atoms with Crippen LogP contribution in [0, 0.1) is 0 Å². The highest BCUT2D eigenvalue weighted by molar-refractivity contribution is 6.11. The maximum Gasteiger partial charge on any atom is 0.254 e. The van der Waals surface area contributed by atoms with Gasteiger partial charge in [0, 0.05) is 13.7 Å². The van der Waals surface area contributed by atoms with Crippen molar-refractivity contribution in [2.75, 3.05) is 36.6 Å². The molecule has 3 aliphatic rings. The normalized spacial score (nSPS) is 26.0. The van der Waals surface area contributed by atoms with E-state index in [9.17, 15) is 4.79 Å². The topological polar surface area (TPSA) is 96.1 Å². The van der Waals surface area contributed by atoms with Crippen molar-refractivity contribution < 1.29 is 14.1 Å². The SMILES string of the molecule is COCCN1C(=O)C2C(c3nc(C4CCCN4)no3)N=CN2c2ccccc21. The molecule has 2 aromatic rings. The predicted molar refractivity (Wildman–Crippen MR) is 102 cm³/mol. The maximum absolute atomic E-state index is 13.4. The van der Waals surface area contributed by atoms with E-state index < -0.39 is 12.1 Å². The van der Waals surface area contributed by atoms with E-state index in [1.807, 2.05) is 29.2 Å². The number of aromatic nitrogens is 2. The van der Waals surface area contributed by atoms with Gasteiger partial charge in [-0.05, 0) is 31.5 Å².